The van der Waals surface area contributed by atoms with Crippen LogP contribution in [0.1, 0.15) is 23.7 Å². The Bertz CT molecular complexity index is 780. The van der Waals surface area contributed by atoms with E-state index in [-0.39, 0.29) is 35.7 Å². The highest BCUT2D eigenvalue weighted by Crippen LogP contribution is 2.19. The number of carbonyl (C=O) groups excluding carboxylic acids is 2. The molecular weight excluding hydrogens is 370 g/mol. The van der Waals surface area contributed by atoms with Gasteiger partial charge in [0.1, 0.15) is 0 Å². The molecule has 9 heteroatoms. The third-order valence-corrected chi connectivity index (χ3v) is 6.82. The zero-order valence-corrected chi connectivity index (χ0v) is 16.2. The quantitative estimate of drug-likeness (QED) is 0.711. The first-order valence-electron chi connectivity index (χ1n) is 9.08. The summed E-state index contributed by atoms with van der Waals surface area (Å²) in [6.07, 6.45) is 0.360. The van der Waals surface area contributed by atoms with Crippen molar-refractivity contribution in [2.24, 2.45) is 0 Å². The molecule has 0 spiro atoms. The first kappa shape index (κ1) is 19.9. The highest BCUT2D eigenvalue weighted by atomic mass is 32.2. The predicted octanol–water partition coefficient (Wildman–Crippen LogP) is 0.101. The predicted molar refractivity (Wildman–Crippen MR) is 99.0 cm³/mol. The molecule has 2 saturated heterocycles. The fourth-order valence-electron chi connectivity index (χ4n) is 3.28. The van der Waals surface area contributed by atoms with Gasteiger partial charge in [-0.2, -0.15) is 4.31 Å². The zero-order valence-electron chi connectivity index (χ0n) is 15.4. The molecule has 2 heterocycles. The Morgan fingerprint density at radius 2 is 1.81 bits per heavy atom. The molecule has 148 valence electrons. The van der Waals surface area contributed by atoms with Gasteiger partial charge in [0.2, 0.25) is 15.9 Å². The smallest absolute Gasteiger partial charge is 0.243 e. The van der Waals surface area contributed by atoms with Crippen LogP contribution in [0.4, 0.5) is 0 Å². The number of hydrogen-bond donors (Lipinski definition) is 1. The highest BCUT2D eigenvalue weighted by Gasteiger charge is 2.31. The second-order valence-corrected chi connectivity index (χ2v) is 8.73. The van der Waals surface area contributed by atoms with E-state index in [4.69, 9.17) is 4.74 Å². The molecule has 1 unspecified atom stereocenters. The second kappa shape index (κ2) is 8.47. The molecule has 0 radical (unpaired) electrons. The van der Waals surface area contributed by atoms with Gasteiger partial charge in [-0.3, -0.25) is 9.59 Å². The van der Waals surface area contributed by atoms with Gasteiger partial charge in [0.25, 0.3) is 0 Å². The number of nitrogens with zero attached hydrogens (tertiary/aromatic N) is 2. The minimum atomic E-state index is -3.63. The molecule has 1 N–H and O–H groups in total. The minimum Gasteiger partial charge on any atom is -0.378 e. The highest BCUT2D eigenvalue weighted by molar-refractivity contribution is 7.89. The number of rotatable bonds is 5. The lowest BCUT2D eigenvalue weighted by Crippen LogP contribution is -2.52. The van der Waals surface area contributed by atoms with E-state index < -0.39 is 10.0 Å². The van der Waals surface area contributed by atoms with E-state index in [2.05, 4.69) is 5.32 Å². The van der Waals surface area contributed by atoms with Gasteiger partial charge in [-0.15, -0.1) is 0 Å². The fraction of sp³-hybridized carbons (Fsp3) is 0.556. The first-order chi connectivity index (χ1) is 12.9. The minimum absolute atomic E-state index is 0.0147. The summed E-state index contributed by atoms with van der Waals surface area (Å²) < 4.78 is 32.3. The van der Waals surface area contributed by atoms with Gasteiger partial charge in [-0.25, -0.2) is 8.42 Å². The van der Waals surface area contributed by atoms with Crippen LogP contribution in [0.2, 0.25) is 0 Å². The molecule has 2 aliphatic heterocycles. The average molecular weight is 395 g/mol. The van der Waals surface area contributed by atoms with Crippen LogP contribution in [-0.4, -0.2) is 81.3 Å². The van der Waals surface area contributed by atoms with Crippen LogP contribution in [0.3, 0.4) is 0 Å². The Hall–Kier alpha value is -1.81. The summed E-state index contributed by atoms with van der Waals surface area (Å²) in [7, 11) is -3.63. The summed E-state index contributed by atoms with van der Waals surface area (Å²) in [5.41, 5.74) is 0.477. The maximum Gasteiger partial charge on any atom is 0.243 e. The van der Waals surface area contributed by atoms with Crippen molar-refractivity contribution in [3.8, 4) is 0 Å². The molecule has 1 aromatic rings. The third-order valence-electron chi connectivity index (χ3n) is 4.91. The molecular formula is C18H25N3O5S. The van der Waals surface area contributed by atoms with Crippen LogP contribution in [0.15, 0.2) is 29.2 Å². The summed E-state index contributed by atoms with van der Waals surface area (Å²) >= 11 is 0. The van der Waals surface area contributed by atoms with E-state index in [1.54, 1.807) is 4.90 Å². The lowest BCUT2D eigenvalue weighted by molar-refractivity contribution is -0.133. The monoisotopic (exact) mass is 395 g/mol. The van der Waals surface area contributed by atoms with Crippen molar-refractivity contribution in [1.29, 1.82) is 0 Å². The Kier molecular flexibility index (Phi) is 6.25. The lowest BCUT2D eigenvalue weighted by atomic mass is 10.1. The number of morpholine rings is 1. The van der Waals surface area contributed by atoms with Gasteiger partial charge in [0, 0.05) is 50.7 Å². The largest absolute Gasteiger partial charge is 0.378 e. The van der Waals surface area contributed by atoms with Gasteiger partial charge in [0.15, 0.2) is 5.78 Å². The number of ether oxygens (including phenoxy) is 1. The molecule has 8 nitrogen and oxygen atoms in total. The molecule has 3 rings (SSSR count). The average Bonchev–Trinajstić information content (AvgIpc) is 2.69. The number of hydrogen-bond acceptors (Lipinski definition) is 6. The molecule has 2 aliphatic rings. The van der Waals surface area contributed by atoms with E-state index in [1.807, 2.05) is 0 Å². The normalized spacial score (nSPS) is 21.8. The molecule has 1 aromatic carbocycles. The van der Waals surface area contributed by atoms with Crippen LogP contribution < -0.4 is 5.32 Å². The molecule has 0 aliphatic carbocycles. The van der Waals surface area contributed by atoms with Crippen molar-refractivity contribution in [3.05, 3.63) is 29.8 Å². The van der Waals surface area contributed by atoms with Crippen molar-refractivity contribution in [2.75, 3.05) is 45.9 Å². The molecule has 1 atom stereocenters. The van der Waals surface area contributed by atoms with E-state index in [1.165, 1.54) is 35.5 Å². The molecule has 0 saturated carbocycles. The summed E-state index contributed by atoms with van der Waals surface area (Å²) in [4.78, 5) is 25.6. The first-order valence-corrected chi connectivity index (χ1v) is 10.5. The number of sulfonamides is 1. The number of carbonyl (C=O) groups is 2. The van der Waals surface area contributed by atoms with Crippen LogP contribution in [0, 0.1) is 0 Å². The molecule has 0 bridgehead atoms. The number of piperazine rings is 1. The van der Waals surface area contributed by atoms with Crippen LogP contribution >= 0.6 is 0 Å². The third kappa shape index (κ3) is 4.73. The number of nitrogens with one attached hydrogen (secondary N) is 1. The van der Waals surface area contributed by atoms with Crippen LogP contribution in [0.5, 0.6) is 0 Å². The zero-order chi connectivity index (χ0) is 19.4. The van der Waals surface area contributed by atoms with Crippen molar-refractivity contribution >= 4 is 21.7 Å². The van der Waals surface area contributed by atoms with E-state index in [0.29, 0.717) is 38.3 Å². The van der Waals surface area contributed by atoms with Gasteiger partial charge in [0.05, 0.1) is 18.1 Å². The standard InChI is InChI=1S/C18H25N3O5S/c1-14(22)15-2-4-17(5-3-15)27(24,25)21-9-7-20(8-10-21)18(23)12-16-13-26-11-6-19-16/h2-5,16,19H,6-13H2,1H3. The maximum absolute atomic E-state index is 12.8. The van der Waals surface area contributed by atoms with Gasteiger partial charge in [-0.1, -0.05) is 12.1 Å². The number of Topliss-reactive ketones (excluding diaryl/α,β-unsaturated/α-hetero) is 1. The SMILES string of the molecule is CC(=O)c1ccc(S(=O)(=O)N2CCN(C(=O)CC3COCCN3)CC2)cc1. The summed E-state index contributed by atoms with van der Waals surface area (Å²) in [6.45, 7) is 4.63. The molecule has 1 amide bonds. The Morgan fingerprint density at radius 3 is 2.37 bits per heavy atom. The van der Waals surface area contributed by atoms with Gasteiger partial charge in [-0.05, 0) is 19.1 Å². The summed E-state index contributed by atoms with van der Waals surface area (Å²) in [6, 6.07) is 5.98. The lowest BCUT2D eigenvalue weighted by Gasteiger charge is -2.35. The van der Waals surface area contributed by atoms with Gasteiger partial charge < -0.3 is 15.0 Å². The van der Waals surface area contributed by atoms with Crippen molar-refractivity contribution < 1.29 is 22.7 Å². The van der Waals surface area contributed by atoms with E-state index in [9.17, 15) is 18.0 Å². The van der Waals surface area contributed by atoms with Crippen LogP contribution in [0.25, 0.3) is 0 Å². The Morgan fingerprint density at radius 1 is 1.15 bits per heavy atom. The second-order valence-electron chi connectivity index (χ2n) is 6.80. The molecule has 27 heavy (non-hydrogen) atoms. The molecule has 0 aromatic heterocycles. The van der Waals surface area contributed by atoms with Crippen LogP contribution in [-0.2, 0) is 19.6 Å². The van der Waals surface area contributed by atoms with Gasteiger partial charge >= 0.3 is 0 Å². The number of ketones is 1. The Labute approximate surface area is 159 Å². The fourth-order valence-corrected chi connectivity index (χ4v) is 4.70. The van der Waals surface area contributed by atoms with Crippen molar-refractivity contribution in [1.82, 2.24) is 14.5 Å². The summed E-state index contributed by atoms with van der Waals surface area (Å²) in [5.74, 6) is -0.0928. The van der Waals surface area contributed by atoms with E-state index in [0.717, 1.165) is 6.54 Å². The number of benzene rings is 1. The van der Waals surface area contributed by atoms with E-state index >= 15 is 0 Å². The topological polar surface area (TPSA) is 96.0 Å². The summed E-state index contributed by atoms with van der Waals surface area (Å²) in [5, 5.41) is 3.25. The molecule has 2 fully saturated rings. The maximum atomic E-state index is 12.8. The van der Waals surface area contributed by atoms with Crippen molar-refractivity contribution in [3.63, 3.8) is 0 Å². The number of amides is 1. The Balaban J connectivity index is 1.57. The van der Waals surface area contributed by atoms with Crippen molar-refractivity contribution in [2.45, 2.75) is 24.3 Å².